The van der Waals surface area contributed by atoms with Gasteiger partial charge in [-0.25, -0.2) is 0 Å². The normalized spacial score (nSPS) is 14.8. The lowest BCUT2D eigenvalue weighted by molar-refractivity contribution is 0.0762. The number of rotatable bonds is 1. The molecular weight excluding hydrogens is 174 g/mol. The van der Waals surface area contributed by atoms with Gasteiger partial charge in [-0.2, -0.15) is 0 Å². The Balaban J connectivity index is 2.33. The van der Waals surface area contributed by atoms with Crippen LogP contribution >= 0.6 is 0 Å². The Morgan fingerprint density at radius 3 is 3.00 bits per heavy atom. The first kappa shape index (κ1) is 8.83. The topological polar surface area (TPSA) is 20.3 Å². The molecule has 0 spiro atoms. The number of amides is 1. The van der Waals surface area contributed by atoms with Gasteiger partial charge in [0.25, 0.3) is 5.91 Å². The van der Waals surface area contributed by atoms with E-state index in [1.54, 1.807) is 4.90 Å². The third-order valence-corrected chi connectivity index (χ3v) is 2.47. The highest BCUT2D eigenvalue weighted by Gasteiger charge is 2.22. The third-order valence-electron chi connectivity index (χ3n) is 2.47. The van der Waals surface area contributed by atoms with E-state index >= 15 is 0 Å². The molecule has 1 aromatic carbocycles. The van der Waals surface area contributed by atoms with Gasteiger partial charge in [0.05, 0.1) is 6.54 Å². The van der Waals surface area contributed by atoms with E-state index in [0.717, 1.165) is 24.1 Å². The van der Waals surface area contributed by atoms with Gasteiger partial charge in [-0.15, -0.1) is 6.42 Å². The molecule has 1 heterocycles. The van der Waals surface area contributed by atoms with Crippen LogP contribution in [-0.4, -0.2) is 23.9 Å². The minimum atomic E-state index is 0.0600. The molecule has 1 aromatic rings. The first-order valence-corrected chi connectivity index (χ1v) is 4.63. The molecule has 0 saturated carbocycles. The zero-order valence-corrected chi connectivity index (χ0v) is 7.86. The summed E-state index contributed by atoms with van der Waals surface area (Å²) in [5.41, 5.74) is 1.93. The molecule has 0 radical (unpaired) electrons. The summed E-state index contributed by atoms with van der Waals surface area (Å²) in [6.07, 6.45) is 6.10. The number of fused-ring (bicyclic) bond motifs is 1. The van der Waals surface area contributed by atoms with Crippen molar-refractivity contribution in [2.75, 3.05) is 13.1 Å². The Morgan fingerprint density at radius 1 is 1.43 bits per heavy atom. The summed E-state index contributed by atoms with van der Waals surface area (Å²) in [7, 11) is 0. The maximum absolute atomic E-state index is 11.8. The predicted molar refractivity (Wildman–Crippen MR) is 54.9 cm³/mol. The second-order valence-electron chi connectivity index (χ2n) is 3.34. The molecule has 0 aromatic heterocycles. The first-order chi connectivity index (χ1) is 6.83. The summed E-state index contributed by atoms with van der Waals surface area (Å²) in [6, 6.07) is 7.71. The highest BCUT2D eigenvalue weighted by atomic mass is 16.2. The van der Waals surface area contributed by atoms with Gasteiger partial charge in [0.1, 0.15) is 0 Å². The monoisotopic (exact) mass is 185 g/mol. The number of carbonyl (C=O) groups excluding carboxylic acids is 1. The van der Waals surface area contributed by atoms with Crippen molar-refractivity contribution in [1.29, 1.82) is 0 Å². The molecule has 1 aliphatic rings. The molecule has 2 heteroatoms. The maximum Gasteiger partial charge on any atom is 0.254 e. The highest BCUT2D eigenvalue weighted by Crippen LogP contribution is 2.17. The van der Waals surface area contributed by atoms with Crippen LogP contribution in [0.25, 0.3) is 0 Å². The zero-order valence-electron chi connectivity index (χ0n) is 7.86. The lowest BCUT2D eigenvalue weighted by atomic mass is 9.99. The lowest BCUT2D eigenvalue weighted by Crippen LogP contribution is -2.37. The minimum absolute atomic E-state index is 0.0600. The Hall–Kier alpha value is -1.75. The number of carbonyl (C=O) groups is 1. The van der Waals surface area contributed by atoms with Gasteiger partial charge in [-0.3, -0.25) is 4.79 Å². The predicted octanol–water partition coefficient (Wildman–Crippen LogP) is 1.32. The van der Waals surface area contributed by atoms with Gasteiger partial charge < -0.3 is 4.90 Å². The largest absolute Gasteiger partial charge is 0.327 e. The van der Waals surface area contributed by atoms with Crippen LogP contribution in [-0.2, 0) is 6.42 Å². The third kappa shape index (κ3) is 1.38. The molecule has 0 aliphatic carbocycles. The van der Waals surface area contributed by atoms with Crippen LogP contribution in [0.1, 0.15) is 15.9 Å². The molecular formula is C12H11NO. The van der Waals surface area contributed by atoms with Crippen LogP contribution in [0.4, 0.5) is 0 Å². The Kier molecular flexibility index (Phi) is 2.24. The molecule has 2 nitrogen and oxygen atoms in total. The molecule has 70 valence electrons. The van der Waals surface area contributed by atoms with Gasteiger partial charge in [-0.05, 0) is 18.1 Å². The molecule has 0 unspecified atom stereocenters. The average Bonchev–Trinajstić information content (AvgIpc) is 2.23. The SMILES string of the molecule is C#CCN1CCc2ccccc2C1=O. The van der Waals surface area contributed by atoms with Crippen LogP contribution in [0.15, 0.2) is 24.3 Å². The fraction of sp³-hybridized carbons (Fsp3) is 0.250. The second-order valence-corrected chi connectivity index (χ2v) is 3.34. The van der Waals surface area contributed by atoms with E-state index < -0.39 is 0 Å². The fourth-order valence-electron chi connectivity index (χ4n) is 1.74. The van der Waals surface area contributed by atoms with Gasteiger partial charge >= 0.3 is 0 Å². The Labute approximate surface area is 83.5 Å². The quantitative estimate of drug-likeness (QED) is 0.604. The maximum atomic E-state index is 11.8. The number of hydrogen-bond donors (Lipinski definition) is 0. The highest BCUT2D eigenvalue weighted by molar-refractivity contribution is 5.96. The first-order valence-electron chi connectivity index (χ1n) is 4.63. The molecule has 0 atom stereocenters. The van der Waals surface area contributed by atoms with Gasteiger partial charge in [0, 0.05) is 12.1 Å². The second kappa shape index (κ2) is 3.55. The summed E-state index contributed by atoms with van der Waals surface area (Å²) in [4.78, 5) is 13.5. The van der Waals surface area contributed by atoms with E-state index in [0.29, 0.717) is 6.54 Å². The van der Waals surface area contributed by atoms with Gasteiger partial charge in [0.15, 0.2) is 0 Å². The summed E-state index contributed by atoms with van der Waals surface area (Å²) in [5, 5.41) is 0. The molecule has 0 saturated heterocycles. The van der Waals surface area contributed by atoms with Crippen LogP contribution in [0, 0.1) is 12.3 Å². The fourth-order valence-corrected chi connectivity index (χ4v) is 1.74. The number of terminal acetylenes is 1. The van der Waals surface area contributed by atoms with E-state index in [1.807, 2.05) is 24.3 Å². The molecule has 0 bridgehead atoms. The van der Waals surface area contributed by atoms with E-state index in [4.69, 9.17) is 6.42 Å². The van der Waals surface area contributed by atoms with Crippen molar-refractivity contribution < 1.29 is 4.79 Å². The zero-order chi connectivity index (χ0) is 9.97. The molecule has 0 fully saturated rings. The van der Waals surface area contributed by atoms with Crippen molar-refractivity contribution in [2.24, 2.45) is 0 Å². The average molecular weight is 185 g/mol. The smallest absolute Gasteiger partial charge is 0.254 e. The standard InChI is InChI=1S/C12H11NO/c1-2-8-13-9-7-10-5-3-4-6-11(10)12(13)14/h1,3-6H,7-9H2. The Morgan fingerprint density at radius 2 is 2.21 bits per heavy atom. The summed E-state index contributed by atoms with van der Waals surface area (Å²) < 4.78 is 0. The van der Waals surface area contributed by atoms with E-state index in [2.05, 4.69) is 5.92 Å². The molecule has 1 amide bonds. The van der Waals surface area contributed by atoms with Crippen LogP contribution in [0.2, 0.25) is 0 Å². The van der Waals surface area contributed by atoms with Crippen molar-refractivity contribution in [3.63, 3.8) is 0 Å². The number of hydrogen-bond acceptors (Lipinski definition) is 1. The summed E-state index contributed by atoms with van der Waals surface area (Å²) in [5.74, 6) is 2.56. The molecule has 1 aliphatic heterocycles. The van der Waals surface area contributed by atoms with Crippen molar-refractivity contribution in [3.8, 4) is 12.3 Å². The van der Waals surface area contributed by atoms with Crippen LogP contribution in [0.3, 0.4) is 0 Å². The van der Waals surface area contributed by atoms with Crippen molar-refractivity contribution >= 4 is 5.91 Å². The van der Waals surface area contributed by atoms with Crippen LogP contribution in [0.5, 0.6) is 0 Å². The van der Waals surface area contributed by atoms with Crippen LogP contribution < -0.4 is 0 Å². The van der Waals surface area contributed by atoms with E-state index in [-0.39, 0.29) is 5.91 Å². The molecule has 14 heavy (non-hydrogen) atoms. The summed E-state index contributed by atoms with van der Waals surface area (Å²) in [6.45, 7) is 1.15. The summed E-state index contributed by atoms with van der Waals surface area (Å²) >= 11 is 0. The lowest BCUT2D eigenvalue weighted by Gasteiger charge is -2.26. The van der Waals surface area contributed by atoms with Crippen molar-refractivity contribution in [2.45, 2.75) is 6.42 Å². The molecule has 2 rings (SSSR count). The molecule has 0 N–H and O–H groups in total. The number of nitrogens with zero attached hydrogens (tertiary/aromatic N) is 1. The van der Waals surface area contributed by atoms with Crippen molar-refractivity contribution in [3.05, 3.63) is 35.4 Å². The van der Waals surface area contributed by atoms with E-state index in [1.165, 1.54) is 0 Å². The van der Waals surface area contributed by atoms with Gasteiger partial charge in [-0.1, -0.05) is 24.1 Å². The minimum Gasteiger partial charge on any atom is -0.327 e. The van der Waals surface area contributed by atoms with Gasteiger partial charge in [0.2, 0.25) is 0 Å². The van der Waals surface area contributed by atoms with E-state index in [9.17, 15) is 4.79 Å². The number of benzene rings is 1. The Bertz CT molecular complexity index is 403. The van der Waals surface area contributed by atoms with Crippen molar-refractivity contribution in [1.82, 2.24) is 4.90 Å².